The van der Waals surface area contributed by atoms with Gasteiger partial charge in [0.25, 0.3) is 0 Å². The minimum absolute atomic E-state index is 0.0135. The van der Waals surface area contributed by atoms with Gasteiger partial charge < -0.3 is 30.6 Å². The van der Waals surface area contributed by atoms with Crippen LogP contribution in [0.2, 0.25) is 0 Å². The highest BCUT2D eigenvalue weighted by atomic mass is 16.6. The second-order valence-electron chi connectivity index (χ2n) is 10.8. The Hall–Kier alpha value is -4.08. The van der Waals surface area contributed by atoms with Crippen molar-refractivity contribution in [2.45, 2.75) is 79.1 Å². The van der Waals surface area contributed by atoms with Gasteiger partial charge in [-0.3, -0.25) is 9.59 Å². The maximum Gasteiger partial charge on any atom is 0.404 e. The molecule has 1 aliphatic rings. The highest BCUT2D eigenvalue weighted by Crippen LogP contribution is 2.23. The van der Waals surface area contributed by atoms with Crippen molar-refractivity contribution in [2.24, 2.45) is 17.1 Å². The van der Waals surface area contributed by atoms with Gasteiger partial charge in [-0.25, -0.2) is 9.59 Å². The Kier molecular flexibility index (Phi) is 15.0. The Morgan fingerprint density at radius 1 is 1.17 bits per heavy atom. The summed E-state index contributed by atoms with van der Waals surface area (Å²) in [5.74, 6) is -1.05. The predicted octanol–water partition coefficient (Wildman–Crippen LogP) is 4.51. The lowest BCUT2D eigenvalue weighted by Crippen LogP contribution is -2.52. The molecular weight excluding hydrogens is 526 g/mol. The van der Waals surface area contributed by atoms with Gasteiger partial charge in [0.15, 0.2) is 5.76 Å². The number of carbonyl (C=O) groups is 4. The van der Waals surface area contributed by atoms with Crippen LogP contribution in [0.25, 0.3) is 0 Å². The molecule has 0 aromatic rings. The summed E-state index contributed by atoms with van der Waals surface area (Å²) in [5.41, 5.74) is 5.50. The second kappa shape index (κ2) is 17.6. The van der Waals surface area contributed by atoms with Gasteiger partial charge in [-0.15, -0.1) is 0 Å². The first-order chi connectivity index (χ1) is 19.3. The minimum atomic E-state index is -0.859. The van der Waals surface area contributed by atoms with Crippen LogP contribution >= 0.6 is 0 Å². The number of hydrogen-bond acceptors (Lipinski definition) is 7. The Morgan fingerprint density at radius 2 is 1.83 bits per heavy atom. The Morgan fingerprint density at radius 3 is 2.41 bits per heavy atom. The zero-order chi connectivity index (χ0) is 31.0. The van der Waals surface area contributed by atoms with E-state index in [0.29, 0.717) is 19.3 Å². The third-order valence-corrected chi connectivity index (χ3v) is 6.12. The minimum Gasteiger partial charge on any atom is -0.490 e. The number of hydrogen-bond donors (Lipinski definition) is 3. The van der Waals surface area contributed by atoms with Crippen LogP contribution in [-0.4, -0.2) is 49.2 Å². The normalized spacial score (nSPS) is 18.7. The van der Waals surface area contributed by atoms with Crippen molar-refractivity contribution in [3.05, 3.63) is 72.2 Å². The fourth-order valence-electron chi connectivity index (χ4n) is 3.92. The molecule has 10 nitrogen and oxygen atoms in total. The van der Waals surface area contributed by atoms with Gasteiger partial charge >= 0.3 is 12.1 Å². The zero-order valence-corrected chi connectivity index (χ0v) is 25.1. The average Bonchev–Trinajstić information content (AvgIpc) is 2.89. The van der Waals surface area contributed by atoms with Crippen molar-refractivity contribution in [2.75, 3.05) is 7.11 Å². The molecule has 0 radical (unpaired) electrons. The SMILES string of the molecule is C/C=C\C[C@H](C/C=C\NC(=O)[C@H](NC(=O)\C=C/C=C\C(C)=C\[C@@H](C)[C@H]1CC=C(OC)C(=O)O1)C(C)(C)C)OC(N)=O. The number of rotatable bonds is 14. The van der Waals surface area contributed by atoms with Crippen LogP contribution in [-0.2, 0) is 28.6 Å². The molecule has 0 saturated heterocycles. The van der Waals surface area contributed by atoms with Crippen molar-refractivity contribution in [1.82, 2.24) is 10.6 Å². The van der Waals surface area contributed by atoms with Crippen LogP contribution in [0.3, 0.4) is 0 Å². The molecule has 0 aromatic carbocycles. The fourth-order valence-corrected chi connectivity index (χ4v) is 3.92. The van der Waals surface area contributed by atoms with Crippen molar-refractivity contribution >= 4 is 23.9 Å². The van der Waals surface area contributed by atoms with E-state index in [1.165, 1.54) is 19.4 Å². The van der Waals surface area contributed by atoms with E-state index >= 15 is 0 Å². The highest BCUT2D eigenvalue weighted by molar-refractivity contribution is 5.93. The lowest BCUT2D eigenvalue weighted by atomic mass is 9.86. The first-order valence-electron chi connectivity index (χ1n) is 13.6. The molecule has 1 heterocycles. The van der Waals surface area contributed by atoms with Gasteiger partial charge in [0, 0.05) is 31.3 Å². The van der Waals surface area contributed by atoms with Gasteiger partial charge in [-0.2, -0.15) is 0 Å². The number of amides is 3. The van der Waals surface area contributed by atoms with E-state index in [-0.39, 0.29) is 23.7 Å². The third kappa shape index (κ3) is 13.7. The van der Waals surface area contributed by atoms with Gasteiger partial charge in [-0.1, -0.05) is 75.8 Å². The van der Waals surface area contributed by atoms with Gasteiger partial charge in [0.2, 0.25) is 11.8 Å². The first kappa shape index (κ1) is 34.9. The molecule has 41 heavy (non-hydrogen) atoms. The summed E-state index contributed by atoms with van der Waals surface area (Å²) in [5, 5.41) is 5.44. The van der Waals surface area contributed by atoms with Crippen molar-refractivity contribution < 1.29 is 33.4 Å². The molecular formula is C31H45N3O7. The first-order valence-corrected chi connectivity index (χ1v) is 13.6. The van der Waals surface area contributed by atoms with Crippen LogP contribution in [0.4, 0.5) is 4.79 Å². The number of ether oxygens (including phenoxy) is 3. The topological polar surface area (TPSA) is 146 Å². The number of nitrogens with two attached hydrogens (primary N) is 1. The molecule has 226 valence electrons. The molecule has 4 N–H and O–H groups in total. The predicted molar refractivity (Wildman–Crippen MR) is 158 cm³/mol. The number of carbonyl (C=O) groups excluding carboxylic acids is 4. The van der Waals surface area contributed by atoms with E-state index in [0.717, 1.165) is 5.57 Å². The Balaban J connectivity index is 2.69. The Labute approximate surface area is 243 Å². The van der Waals surface area contributed by atoms with Crippen molar-refractivity contribution in [3.8, 4) is 0 Å². The molecule has 3 amide bonds. The van der Waals surface area contributed by atoms with Gasteiger partial charge in [0.05, 0.1) is 7.11 Å². The molecule has 1 rings (SSSR count). The summed E-state index contributed by atoms with van der Waals surface area (Å²) >= 11 is 0. The molecule has 10 heteroatoms. The van der Waals surface area contributed by atoms with Crippen molar-refractivity contribution in [3.63, 3.8) is 0 Å². The molecule has 0 saturated carbocycles. The molecule has 4 atom stereocenters. The maximum absolute atomic E-state index is 12.8. The number of nitrogens with one attached hydrogen (secondary N) is 2. The number of methoxy groups -OCH3 is 1. The lowest BCUT2D eigenvalue weighted by molar-refractivity contribution is -0.151. The fraction of sp³-hybridized carbons (Fsp3) is 0.484. The summed E-state index contributed by atoms with van der Waals surface area (Å²) in [4.78, 5) is 48.4. The number of esters is 1. The van der Waals surface area contributed by atoms with E-state index in [1.807, 2.05) is 65.8 Å². The molecule has 0 aliphatic carbocycles. The molecule has 1 aliphatic heterocycles. The van der Waals surface area contributed by atoms with E-state index in [4.69, 9.17) is 19.9 Å². The summed E-state index contributed by atoms with van der Waals surface area (Å²) in [6, 6.07) is -0.803. The van der Waals surface area contributed by atoms with Crippen LogP contribution in [0, 0.1) is 11.3 Å². The summed E-state index contributed by atoms with van der Waals surface area (Å²) in [6.45, 7) is 11.3. The summed E-state index contributed by atoms with van der Waals surface area (Å²) in [7, 11) is 1.44. The maximum atomic E-state index is 12.8. The van der Waals surface area contributed by atoms with E-state index in [9.17, 15) is 19.2 Å². The van der Waals surface area contributed by atoms with E-state index in [1.54, 1.807) is 24.3 Å². The number of primary amides is 1. The van der Waals surface area contributed by atoms with Crippen molar-refractivity contribution in [1.29, 1.82) is 0 Å². The summed E-state index contributed by atoms with van der Waals surface area (Å²) in [6.07, 6.45) is 16.9. The van der Waals surface area contributed by atoms with Gasteiger partial charge in [-0.05, 0) is 31.5 Å². The second-order valence-corrected chi connectivity index (χ2v) is 10.8. The highest BCUT2D eigenvalue weighted by Gasteiger charge is 2.32. The summed E-state index contributed by atoms with van der Waals surface area (Å²) < 4.78 is 15.5. The van der Waals surface area contributed by atoms with Crippen LogP contribution in [0.5, 0.6) is 0 Å². The van der Waals surface area contributed by atoms with Crippen LogP contribution in [0.1, 0.15) is 60.8 Å². The molecule has 0 aromatic heterocycles. The molecule has 0 bridgehead atoms. The average molecular weight is 572 g/mol. The molecule has 0 unspecified atom stereocenters. The standard InChI is InChI=1S/C31H45N3O7/c1-8-9-14-23(40-30(32)38)15-12-19-33-28(36)27(31(4,5)6)34-26(35)16-11-10-13-21(2)20-22(3)24-17-18-25(39-7)29(37)41-24/h8-13,16,18-20,22-24,27H,14-15,17H2,1-7H3,(H2,32,38)(H,33,36)(H,34,35)/b9-8-,13-10-,16-11-,19-12-,21-20+/t22-,23-,24-,27+/m1/s1. The molecule has 0 fully saturated rings. The van der Waals surface area contributed by atoms with Crippen LogP contribution < -0.4 is 16.4 Å². The number of cyclic esters (lactones) is 1. The quantitative estimate of drug-likeness (QED) is 0.120. The third-order valence-electron chi connectivity index (χ3n) is 6.12. The van der Waals surface area contributed by atoms with E-state index in [2.05, 4.69) is 10.6 Å². The number of allylic oxidation sites excluding steroid dienone is 5. The monoisotopic (exact) mass is 571 g/mol. The molecule has 0 spiro atoms. The zero-order valence-electron chi connectivity index (χ0n) is 25.1. The van der Waals surface area contributed by atoms with Crippen LogP contribution in [0.15, 0.2) is 72.2 Å². The largest absolute Gasteiger partial charge is 0.490 e. The van der Waals surface area contributed by atoms with Gasteiger partial charge in [0.1, 0.15) is 18.2 Å². The van der Waals surface area contributed by atoms with E-state index < -0.39 is 35.5 Å². The smallest absolute Gasteiger partial charge is 0.404 e. The lowest BCUT2D eigenvalue weighted by Gasteiger charge is -2.29. The Bertz CT molecular complexity index is 1090.